The number of unbranched alkanes of at least 4 members (excludes halogenated alkanes) is 4. The molecule has 0 radical (unpaired) electrons. The maximum absolute atomic E-state index is 12.5. The molecule has 2 fully saturated rings. The van der Waals surface area contributed by atoms with Crippen LogP contribution in [0.3, 0.4) is 0 Å². The van der Waals surface area contributed by atoms with Crippen molar-refractivity contribution in [2.45, 2.75) is 97.3 Å². The lowest BCUT2D eigenvalue weighted by Crippen LogP contribution is -2.24. The topological polar surface area (TPSA) is 20.3 Å². The molecule has 26 heavy (non-hydrogen) atoms. The van der Waals surface area contributed by atoms with Crippen LogP contribution in [0.25, 0.3) is 0 Å². The SMILES string of the molecule is CCCCCCC[C@H]1CC[C@H](C(=O)C=CC(C)=CN2CCCCC2)CC1. The quantitative estimate of drug-likeness (QED) is 0.247. The normalized spacial score (nSPS) is 25.0. The third-order valence-corrected chi connectivity index (χ3v) is 6.25. The lowest BCUT2D eigenvalue weighted by atomic mass is 9.78. The van der Waals surface area contributed by atoms with Gasteiger partial charge in [-0.25, -0.2) is 0 Å². The van der Waals surface area contributed by atoms with Crippen molar-refractivity contribution >= 4 is 5.78 Å². The highest BCUT2D eigenvalue weighted by atomic mass is 16.1. The molecule has 0 N–H and O–H groups in total. The Morgan fingerprint density at radius 2 is 1.62 bits per heavy atom. The van der Waals surface area contributed by atoms with Gasteiger partial charge in [0.05, 0.1) is 0 Å². The molecule has 0 spiro atoms. The van der Waals surface area contributed by atoms with Crippen LogP contribution in [0, 0.1) is 11.8 Å². The maximum atomic E-state index is 12.5. The highest BCUT2D eigenvalue weighted by molar-refractivity contribution is 5.92. The van der Waals surface area contributed by atoms with Gasteiger partial charge in [-0.3, -0.25) is 4.79 Å². The molecule has 2 heteroatoms. The Morgan fingerprint density at radius 3 is 2.31 bits per heavy atom. The van der Waals surface area contributed by atoms with E-state index in [9.17, 15) is 4.79 Å². The Bertz CT molecular complexity index is 451. The molecule has 0 aromatic heterocycles. The lowest BCUT2D eigenvalue weighted by molar-refractivity contribution is -0.119. The maximum Gasteiger partial charge on any atom is 0.158 e. The summed E-state index contributed by atoms with van der Waals surface area (Å²) in [6, 6.07) is 0. The van der Waals surface area contributed by atoms with Crippen LogP contribution in [0.15, 0.2) is 23.9 Å². The summed E-state index contributed by atoms with van der Waals surface area (Å²) in [5, 5.41) is 0. The zero-order chi connectivity index (χ0) is 18.6. The van der Waals surface area contributed by atoms with E-state index in [0.29, 0.717) is 5.78 Å². The Hall–Kier alpha value is -1.05. The van der Waals surface area contributed by atoms with Crippen LogP contribution in [0.1, 0.15) is 97.3 Å². The number of allylic oxidation sites excluding steroid dienone is 3. The van der Waals surface area contributed by atoms with E-state index < -0.39 is 0 Å². The van der Waals surface area contributed by atoms with Gasteiger partial charge in [0.25, 0.3) is 0 Å². The molecule has 0 unspecified atom stereocenters. The molecule has 0 amide bonds. The standard InChI is InChI=1S/C24H41NO/c1-3-4-5-6-8-11-22-13-15-23(16-14-22)24(26)17-12-21(2)20-25-18-9-7-10-19-25/h12,17,20,22-23H,3-11,13-16,18-19H2,1-2H3/t22-,23-. The van der Waals surface area contributed by atoms with Crippen LogP contribution in [0.2, 0.25) is 0 Å². The van der Waals surface area contributed by atoms with E-state index in [1.807, 2.05) is 12.2 Å². The van der Waals surface area contributed by atoms with Gasteiger partial charge in [-0.15, -0.1) is 0 Å². The van der Waals surface area contributed by atoms with Crippen LogP contribution < -0.4 is 0 Å². The molecule has 2 rings (SSSR count). The van der Waals surface area contributed by atoms with Crippen molar-refractivity contribution in [1.29, 1.82) is 0 Å². The molecule has 0 atom stereocenters. The van der Waals surface area contributed by atoms with Gasteiger partial charge < -0.3 is 4.90 Å². The van der Waals surface area contributed by atoms with Crippen LogP contribution >= 0.6 is 0 Å². The van der Waals surface area contributed by atoms with Gasteiger partial charge >= 0.3 is 0 Å². The first-order valence-electron chi connectivity index (χ1n) is 11.3. The molecule has 2 aliphatic rings. The zero-order valence-corrected chi connectivity index (χ0v) is 17.3. The number of ketones is 1. The molecule has 1 aliphatic carbocycles. The van der Waals surface area contributed by atoms with E-state index in [-0.39, 0.29) is 5.92 Å². The second kappa shape index (κ2) is 12.4. The minimum Gasteiger partial charge on any atom is -0.377 e. The fourth-order valence-electron chi connectivity index (χ4n) is 4.50. The highest BCUT2D eigenvalue weighted by Gasteiger charge is 2.24. The lowest BCUT2D eigenvalue weighted by Gasteiger charge is -2.27. The van der Waals surface area contributed by atoms with Crippen molar-refractivity contribution in [3.05, 3.63) is 23.9 Å². The molecule has 1 heterocycles. The predicted molar refractivity (Wildman–Crippen MR) is 112 cm³/mol. The van der Waals surface area contributed by atoms with Gasteiger partial charge in [-0.1, -0.05) is 51.5 Å². The smallest absolute Gasteiger partial charge is 0.158 e. The zero-order valence-electron chi connectivity index (χ0n) is 17.3. The number of likely N-dealkylation sites (tertiary alicyclic amines) is 1. The summed E-state index contributed by atoms with van der Waals surface area (Å²) in [6.45, 7) is 6.73. The molecule has 1 saturated heterocycles. The van der Waals surface area contributed by atoms with Gasteiger partial charge in [0.15, 0.2) is 5.78 Å². The number of hydrogen-bond acceptors (Lipinski definition) is 2. The second-order valence-corrected chi connectivity index (χ2v) is 8.63. The first-order chi connectivity index (χ1) is 12.7. The predicted octanol–water partition coefficient (Wildman–Crippen LogP) is 6.67. The summed E-state index contributed by atoms with van der Waals surface area (Å²) in [5.74, 6) is 1.52. The van der Waals surface area contributed by atoms with Gasteiger partial charge in [0.2, 0.25) is 0 Å². The number of carbonyl (C=O) groups excluding carboxylic acids is 1. The van der Waals surface area contributed by atoms with Crippen LogP contribution in [0.4, 0.5) is 0 Å². The van der Waals surface area contributed by atoms with Crippen molar-refractivity contribution in [2.24, 2.45) is 11.8 Å². The van der Waals surface area contributed by atoms with E-state index in [1.165, 1.54) is 89.3 Å². The fourth-order valence-corrected chi connectivity index (χ4v) is 4.50. The van der Waals surface area contributed by atoms with E-state index in [4.69, 9.17) is 0 Å². The molecular weight excluding hydrogens is 318 g/mol. The van der Waals surface area contributed by atoms with Gasteiger partial charge in [-0.05, 0) is 69.4 Å². The van der Waals surface area contributed by atoms with Crippen LogP contribution in [-0.4, -0.2) is 23.8 Å². The monoisotopic (exact) mass is 359 g/mol. The van der Waals surface area contributed by atoms with Crippen molar-refractivity contribution in [2.75, 3.05) is 13.1 Å². The Labute approximate surface area is 162 Å². The highest BCUT2D eigenvalue weighted by Crippen LogP contribution is 2.32. The van der Waals surface area contributed by atoms with E-state index in [1.54, 1.807) is 0 Å². The first-order valence-corrected chi connectivity index (χ1v) is 11.3. The molecule has 0 aromatic rings. The molecule has 1 saturated carbocycles. The summed E-state index contributed by atoms with van der Waals surface area (Å²) in [6.07, 6.45) is 23.1. The second-order valence-electron chi connectivity index (χ2n) is 8.63. The minimum atomic E-state index is 0.283. The molecular formula is C24H41NO. The molecule has 0 bridgehead atoms. The molecule has 0 aromatic carbocycles. The summed E-state index contributed by atoms with van der Waals surface area (Å²) in [4.78, 5) is 14.9. The van der Waals surface area contributed by atoms with Crippen molar-refractivity contribution < 1.29 is 4.79 Å². The summed E-state index contributed by atoms with van der Waals surface area (Å²) < 4.78 is 0. The number of nitrogens with zero attached hydrogens (tertiary/aromatic N) is 1. The average Bonchev–Trinajstić information content (AvgIpc) is 2.67. The van der Waals surface area contributed by atoms with E-state index >= 15 is 0 Å². The average molecular weight is 360 g/mol. The molecule has 148 valence electrons. The van der Waals surface area contributed by atoms with Gasteiger partial charge in [-0.2, -0.15) is 0 Å². The van der Waals surface area contributed by atoms with Crippen LogP contribution in [0.5, 0.6) is 0 Å². The Balaban J connectivity index is 1.65. The largest absolute Gasteiger partial charge is 0.377 e. The summed E-state index contributed by atoms with van der Waals surface area (Å²) in [5.41, 5.74) is 1.21. The van der Waals surface area contributed by atoms with Crippen LogP contribution in [-0.2, 0) is 4.79 Å². The fraction of sp³-hybridized carbons (Fsp3) is 0.792. The number of carbonyl (C=O) groups is 1. The first kappa shape index (κ1) is 21.3. The number of hydrogen-bond donors (Lipinski definition) is 0. The minimum absolute atomic E-state index is 0.283. The third kappa shape index (κ3) is 8.10. The summed E-state index contributed by atoms with van der Waals surface area (Å²) >= 11 is 0. The van der Waals surface area contributed by atoms with Crippen molar-refractivity contribution in [3.8, 4) is 0 Å². The Morgan fingerprint density at radius 1 is 0.923 bits per heavy atom. The van der Waals surface area contributed by atoms with Gasteiger partial charge in [0.1, 0.15) is 0 Å². The van der Waals surface area contributed by atoms with Crippen molar-refractivity contribution in [1.82, 2.24) is 4.90 Å². The summed E-state index contributed by atoms with van der Waals surface area (Å²) in [7, 11) is 0. The third-order valence-electron chi connectivity index (χ3n) is 6.25. The van der Waals surface area contributed by atoms with E-state index in [2.05, 4.69) is 24.9 Å². The Kier molecular flexibility index (Phi) is 10.1. The number of rotatable bonds is 10. The van der Waals surface area contributed by atoms with E-state index in [0.717, 1.165) is 18.8 Å². The van der Waals surface area contributed by atoms with Crippen molar-refractivity contribution in [3.63, 3.8) is 0 Å². The molecule has 2 nitrogen and oxygen atoms in total. The molecule has 1 aliphatic heterocycles. The van der Waals surface area contributed by atoms with Gasteiger partial charge in [0, 0.05) is 25.2 Å². The number of piperidine rings is 1.